The highest BCUT2D eigenvalue weighted by Gasteiger charge is 2.08. The van der Waals surface area contributed by atoms with Crippen molar-refractivity contribution in [3.63, 3.8) is 0 Å². The molecule has 0 unspecified atom stereocenters. The SMILES string of the molecule is CNc1c(C=N)nc(NCc2ccc(Cl)c(C)c2)[nH]c1=O. The maximum Gasteiger partial charge on any atom is 0.276 e. The van der Waals surface area contributed by atoms with Crippen LogP contribution in [0.5, 0.6) is 0 Å². The van der Waals surface area contributed by atoms with Crippen molar-refractivity contribution >= 4 is 29.5 Å². The molecule has 0 atom stereocenters. The third-order valence-corrected chi connectivity index (χ3v) is 3.44. The lowest BCUT2D eigenvalue weighted by atomic mass is 10.1. The van der Waals surface area contributed by atoms with E-state index in [9.17, 15) is 4.79 Å². The second-order valence-corrected chi connectivity index (χ2v) is 4.91. The highest BCUT2D eigenvalue weighted by molar-refractivity contribution is 6.31. The first-order valence-corrected chi connectivity index (χ1v) is 6.74. The minimum absolute atomic E-state index is 0.276. The van der Waals surface area contributed by atoms with E-state index >= 15 is 0 Å². The molecule has 0 aliphatic heterocycles. The predicted octanol–water partition coefficient (Wildman–Crippen LogP) is 2.38. The molecule has 1 aromatic heterocycles. The molecule has 0 fully saturated rings. The Labute approximate surface area is 127 Å². The first kappa shape index (κ1) is 15.1. The van der Waals surface area contributed by atoms with Crippen LogP contribution in [0.3, 0.4) is 0 Å². The van der Waals surface area contributed by atoms with Crippen LogP contribution < -0.4 is 16.2 Å². The van der Waals surface area contributed by atoms with Crippen LogP contribution in [0.4, 0.5) is 11.6 Å². The van der Waals surface area contributed by atoms with E-state index in [4.69, 9.17) is 17.0 Å². The molecule has 0 aliphatic carbocycles. The van der Waals surface area contributed by atoms with Gasteiger partial charge in [-0.25, -0.2) is 4.98 Å². The summed E-state index contributed by atoms with van der Waals surface area (Å²) in [4.78, 5) is 18.6. The topological polar surface area (TPSA) is 93.7 Å². The fourth-order valence-corrected chi connectivity index (χ4v) is 2.04. The van der Waals surface area contributed by atoms with Crippen LogP contribution in [0, 0.1) is 12.3 Å². The van der Waals surface area contributed by atoms with E-state index in [1.54, 1.807) is 7.05 Å². The van der Waals surface area contributed by atoms with E-state index in [0.29, 0.717) is 12.5 Å². The van der Waals surface area contributed by atoms with Crippen LogP contribution in [0.1, 0.15) is 16.8 Å². The Kier molecular flexibility index (Phi) is 4.59. The van der Waals surface area contributed by atoms with E-state index < -0.39 is 0 Å². The maximum absolute atomic E-state index is 11.8. The molecule has 2 rings (SSSR count). The molecule has 6 nitrogen and oxygen atoms in total. The molecule has 0 radical (unpaired) electrons. The lowest BCUT2D eigenvalue weighted by molar-refractivity contribution is 1.03. The Morgan fingerprint density at radius 3 is 2.86 bits per heavy atom. The summed E-state index contributed by atoms with van der Waals surface area (Å²) in [5.74, 6) is 0.324. The summed E-state index contributed by atoms with van der Waals surface area (Å²) in [5.41, 5.74) is 2.26. The molecule has 1 heterocycles. The number of rotatable bonds is 5. The van der Waals surface area contributed by atoms with E-state index in [1.165, 1.54) is 0 Å². The summed E-state index contributed by atoms with van der Waals surface area (Å²) in [7, 11) is 1.61. The van der Waals surface area contributed by atoms with E-state index in [-0.39, 0.29) is 16.9 Å². The third-order valence-electron chi connectivity index (χ3n) is 3.02. The largest absolute Gasteiger partial charge is 0.382 e. The number of aryl methyl sites for hydroxylation is 1. The average Bonchev–Trinajstić information content (AvgIpc) is 2.47. The first-order chi connectivity index (χ1) is 10.0. The molecule has 0 saturated heterocycles. The molecule has 0 aliphatic rings. The quantitative estimate of drug-likeness (QED) is 0.638. The van der Waals surface area contributed by atoms with Crippen molar-refractivity contribution in [3.05, 3.63) is 50.4 Å². The number of halogens is 1. The highest BCUT2D eigenvalue weighted by atomic mass is 35.5. The first-order valence-electron chi connectivity index (χ1n) is 6.36. The zero-order chi connectivity index (χ0) is 15.4. The minimum atomic E-state index is -0.319. The second-order valence-electron chi connectivity index (χ2n) is 4.51. The molecular weight excluding hydrogens is 290 g/mol. The molecule has 110 valence electrons. The number of anilines is 2. The number of benzene rings is 1. The molecule has 0 bridgehead atoms. The van der Waals surface area contributed by atoms with Gasteiger partial charge in [-0.2, -0.15) is 0 Å². The van der Waals surface area contributed by atoms with Gasteiger partial charge in [0, 0.05) is 24.8 Å². The fraction of sp³-hybridized carbons (Fsp3) is 0.214. The normalized spacial score (nSPS) is 10.2. The van der Waals surface area contributed by atoms with E-state index in [0.717, 1.165) is 22.4 Å². The Balaban J connectivity index is 2.20. The summed E-state index contributed by atoms with van der Waals surface area (Å²) < 4.78 is 0. The van der Waals surface area contributed by atoms with Gasteiger partial charge in [-0.15, -0.1) is 0 Å². The van der Waals surface area contributed by atoms with Gasteiger partial charge in [0.2, 0.25) is 5.95 Å². The van der Waals surface area contributed by atoms with Crippen LogP contribution in [0.25, 0.3) is 0 Å². The molecule has 0 saturated carbocycles. The van der Waals surface area contributed by atoms with Crippen molar-refractivity contribution in [1.29, 1.82) is 5.41 Å². The summed E-state index contributed by atoms with van der Waals surface area (Å²) >= 11 is 5.98. The molecule has 4 N–H and O–H groups in total. The number of aromatic nitrogens is 2. The fourth-order valence-electron chi connectivity index (χ4n) is 1.92. The van der Waals surface area contributed by atoms with Gasteiger partial charge in [0.1, 0.15) is 11.4 Å². The van der Waals surface area contributed by atoms with Gasteiger partial charge in [-0.1, -0.05) is 23.7 Å². The lowest BCUT2D eigenvalue weighted by Gasteiger charge is -2.09. The van der Waals surface area contributed by atoms with Gasteiger partial charge in [-0.3, -0.25) is 9.78 Å². The summed E-state index contributed by atoms with van der Waals surface area (Å²) in [6.07, 6.45) is 1.04. The molecule has 0 amide bonds. The van der Waals surface area contributed by atoms with Crippen LogP contribution in [-0.2, 0) is 6.54 Å². The zero-order valence-electron chi connectivity index (χ0n) is 11.7. The summed E-state index contributed by atoms with van der Waals surface area (Å²) in [6.45, 7) is 2.43. The van der Waals surface area contributed by atoms with E-state index in [1.807, 2.05) is 25.1 Å². The molecular formula is C14H16ClN5O. The Morgan fingerprint density at radius 2 is 2.24 bits per heavy atom. The zero-order valence-corrected chi connectivity index (χ0v) is 12.5. The molecule has 1 aromatic carbocycles. The summed E-state index contributed by atoms with van der Waals surface area (Å²) in [5, 5.41) is 13.8. The van der Waals surface area contributed by atoms with Crippen molar-refractivity contribution in [2.24, 2.45) is 0 Å². The second kappa shape index (κ2) is 6.41. The van der Waals surface area contributed by atoms with Crippen LogP contribution in [-0.4, -0.2) is 23.2 Å². The van der Waals surface area contributed by atoms with Gasteiger partial charge in [-0.05, 0) is 24.1 Å². The highest BCUT2D eigenvalue weighted by Crippen LogP contribution is 2.17. The molecule has 7 heteroatoms. The van der Waals surface area contributed by atoms with Gasteiger partial charge in [0.15, 0.2) is 0 Å². The number of hydrogen-bond acceptors (Lipinski definition) is 5. The maximum atomic E-state index is 11.8. The smallest absolute Gasteiger partial charge is 0.276 e. The van der Waals surface area contributed by atoms with Crippen LogP contribution >= 0.6 is 11.6 Å². The van der Waals surface area contributed by atoms with Crippen LogP contribution in [0.15, 0.2) is 23.0 Å². The third kappa shape index (κ3) is 3.41. The Bertz CT molecular complexity index is 726. The minimum Gasteiger partial charge on any atom is -0.382 e. The Hall–Kier alpha value is -2.34. The van der Waals surface area contributed by atoms with Gasteiger partial charge in [0.25, 0.3) is 5.56 Å². The molecule has 2 aromatic rings. The molecule has 0 spiro atoms. The Morgan fingerprint density at radius 1 is 1.48 bits per heavy atom. The number of H-pyrrole nitrogens is 1. The number of nitrogens with zero attached hydrogens (tertiary/aromatic N) is 1. The van der Waals surface area contributed by atoms with E-state index in [2.05, 4.69) is 20.6 Å². The van der Waals surface area contributed by atoms with Gasteiger partial charge < -0.3 is 16.0 Å². The average molecular weight is 306 g/mol. The molecule has 21 heavy (non-hydrogen) atoms. The van der Waals surface area contributed by atoms with Gasteiger partial charge >= 0.3 is 0 Å². The van der Waals surface area contributed by atoms with Crippen molar-refractivity contribution in [3.8, 4) is 0 Å². The standard InChI is InChI=1S/C14H16ClN5O/c1-8-5-9(3-4-10(8)15)7-18-14-19-11(6-16)12(17-2)13(21)20-14/h3-6,16-17H,7H2,1-2H3,(H2,18,19,20,21). The van der Waals surface area contributed by atoms with Crippen molar-refractivity contribution in [2.75, 3.05) is 17.7 Å². The summed E-state index contributed by atoms with van der Waals surface area (Å²) in [6, 6.07) is 5.70. The van der Waals surface area contributed by atoms with Crippen molar-refractivity contribution < 1.29 is 0 Å². The number of nitrogens with one attached hydrogen (secondary N) is 4. The van der Waals surface area contributed by atoms with Gasteiger partial charge in [0.05, 0.1) is 0 Å². The monoisotopic (exact) mass is 305 g/mol. The van der Waals surface area contributed by atoms with Crippen molar-refractivity contribution in [1.82, 2.24) is 9.97 Å². The lowest BCUT2D eigenvalue weighted by Crippen LogP contribution is -2.19. The number of aromatic amines is 1. The van der Waals surface area contributed by atoms with Crippen molar-refractivity contribution in [2.45, 2.75) is 13.5 Å². The number of hydrogen-bond donors (Lipinski definition) is 4. The van der Waals surface area contributed by atoms with Crippen LogP contribution in [0.2, 0.25) is 5.02 Å². The predicted molar refractivity (Wildman–Crippen MR) is 85.8 cm³/mol.